The van der Waals surface area contributed by atoms with Gasteiger partial charge in [0.05, 0.1) is 28.4 Å². The Morgan fingerprint density at radius 2 is 1.77 bits per heavy atom. The van der Waals surface area contributed by atoms with Crippen molar-refractivity contribution < 1.29 is 21.7 Å². The van der Waals surface area contributed by atoms with E-state index in [2.05, 4.69) is 15.3 Å². The van der Waals surface area contributed by atoms with Gasteiger partial charge in [-0.3, -0.25) is 20.0 Å². The standard InChI is InChI=1S/C25H28FN5O2S.H2O.2H2/c1-16(2)34(32)21-10-8-19(9-11-21)22-15-30-17(3)23(31-22)25(28)33-24(27)20-6-4-18(5-7-20)14-29-13-12-26;;;/h4-11,15-16,27-29H,12-14H2,1-3H3;1H2;2*1H. The molecule has 1 heterocycles. The average molecular weight is 504 g/mol. The van der Waals surface area contributed by atoms with Crippen LogP contribution in [0.3, 0.4) is 0 Å². The van der Waals surface area contributed by atoms with E-state index in [1.165, 1.54) is 0 Å². The molecule has 0 spiro atoms. The van der Waals surface area contributed by atoms with Gasteiger partial charge in [0, 0.05) is 37.2 Å². The van der Waals surface area contributed by atoms with E-state index >= 15 is 0 Å². The van der Waals surface area contributed by atoms with Gasteiger partial charge in [-0.2, -0.15) is 0 Å². The molecule has 3 rings (SSSR count). The van der Waals surface area contributed by atoms with Crippen molar-refractivity contribution >= 4 is 22.6 Å². The molecular formula is C25H34FN5O3S. The molecule has 2 aromatic carbocycles. The predicted octanol–water partition coefficient (Wildman–Crippen LogP) is 4.06. The molecule has 0 aliphatic heterocycles. The molecule has 3 aromatic rings. The molecule has 0 radical (unpaired) electrons. The highest BCUT2D eigenvalue weighted by atomic mass is 32.2. The van der Waals surface area contributed by atoms with Crippen molar-refractivity contribution in [3.05, 3.63) is 77.2 Å². The number of nitrogens with one attached hydrogen (secondary N) is 3. The van der Waals surface area contributed by atoms with Crippen LogP contribution in [-0.4, -0.2) is 49.9 Å². The second kappa shape index (κ2) is 12.9. The monoisotopic (exact) mass is 503 g/mol. The lowest BCUT2D eigenvalue weighted by Gasteiger charge is -2.12. The molecule has 0 aliphatic carbocycles. The summed E-state index contributed by atoms with van der Waals surface area (Å²) < 4.78 is 29.9. The Hall–Kier alpha value is -3.34. The van der Waals surface area contributed by atoms with Crippen LogP contribution in [0.5, 0.6) is 0 Å². The normalized spacial score (nSPS) is 11.6. The highest BCUT2D eigenvalue weighted by Gasteiger charge is 2.16. The van der Waals surface area contributed by atoms with Crippen LogP contribution in [0.25, 0.3) is 11.3 Å². The molecule has 0 saturated heterocycles. The van der Waals surface area contributed by atoms with Crippen LogP contribution in [-0.2, 0) is 22.1 Å². The minimum atomic E-state index is -1.08. The van der Waals surface area contributed by atoms with Gasteiger partial charge in [-0.15, -0.1) is 0 Å². The molecular weight excluding hydrogens is 469 g/mol. The molecule has 0 aliphatic rings. The van der Waals surface area contributed by atoms with E-state index in [1.54, 1.807) is 37.4 Å². The molecule has 1 atom stereocenters. The van der Waals surface area contributed by atoms with Gasteiger partial charge in [-0.1, -0.05) is 38.1 Å². The van der Waals surface area contributed by atoms with Crippen LogP contribution in [0.15, 0.2) is 59.6 Å². The summed E-state index contributed by atoms with van der Waals surface area (Å²) in [5.74, 6) is -0.455. The van der Waals surface area contributed by atoms with Crippen LogP contribution >= 0.6 is 0 Å². The summed E-state index contributed by atoms with van der Waals surface area (Å²) >= 11 is 0. The number of nitrogens with zero attached hydrogens (tertiary/aromatic N) is 2. The predicted molar refractivity (Wildman–Crippen MR) is 140 cm³/mol. The summed E-state index contributed by atoms with van der Waals surface area (Å²) in [4.78, 5) is 9.62. The third-order valence-corrected chi connectivity index (χ3v) is 6.59. The molecule has 1 aromatic heterocycles. The lowest BCUT2D eigenvalue weighted by molar-refractivity contribution is 0.467. The van der Waals surface area contributed by atoms with Crippen LogP contribution < -0.4 is 5.32 Å². The molecule has 8 nitrogen and oxygen atoms in total. The number of hydrogen-bond acceptors (Lipinski definition) is 7. The summed E-state index contributed by atoms with van der Waals surface area (Å²) in [5, 5.41) is 19.6. The van der Waals surface area contributed by atoms with Gasteiger partial charge in [-0.05, 0) is 36.8 Å². The molecule has 0 saturated carbocycles. The number of aryl methyl sites for hydroxylation is 1. The first kappa shape index (κ1) is 27.9. The first-order valence-electron chi connectivity index (χ1n) is 10.9. The van der Waals surface area contributed by atoms with Gasteiger partial charge in [-0.25, -0.2) is 9.37 Å². The summed E-state index contributed by atoms with van der Waals surface area (Å²) in [5.41, 5.74) is 3.54. The van der Waals surface area contributed by atoms with Crippen molar-refractivity contribution in [2.75, 3.05) is 13.2 Å². The van der Waals surface area contributed by atoms with Gasteiger partial charge < -0.3 is 15.5 Å². The maximum absolute atomic E-state index is 12.3. The van der Waals surface area contributed by atoms with Crippen molar-refractivity contribution in [1.29, 1.82) is 10.8 Å². The molecule has 10 heteroatoms. The fourth-order valence-electron chi connectivity index (χ4n) is 3.12. The summed E-state index contributed by atoms with van der Waals surface area (Å²) in [6.45, 7) is 5.94. The smallest absolute Gasteiger partial charge is 0.241 e. The van der Waals surface area contributed by atoms with E-state index in [9.17, 15) is 8.60 Å². The number of hydrogen-bond donors (Lipinski definition) is 3. The topological polar surface area (TPSA) is 143 Å². The minimum Gasteiger partial charge on any atom is -0.419 e. The second-order valence-corrected chi connectivity index (χ2v) is 9.89. The lowest BCUT2D eigenvalue weighted by atomic mass is 10.1. The number of aromatic nitrogens is 2. The minimum absolute atomic E-state index is 0. The molecule has 0 fully saturated rings. The lowest BCUT2D eigenvalue weighted by Crippen LogP contribution is -2.17. The van der Waals surface area contributed by atoms with Crippen molar-refractivity contribution in [2.24, 2.45) is 0 Å². The Labute approximate surface area is 209 Å². The summed E-state index contributed by atoms with van der Waals surface area (Å²) in [6, 6.07) is 14.4. The quantitative estimate of drug-likeness (QED) is 0.229. The van der Waals surface area contributed by atoms with Gasteiger partial charge in [0.15, 0.2) is 0 Å². The molecule has 190 valence electrons. The highest BCUT2D eigenvalue weighted by molar-refractivity contribution is 7.85. The van der Waals surface area contributed by atoms with Gasteiger partial charge >= 0.3 is 0 Å². The molecule has 1 unspecified atom stereocenters. The number of rotatable bonds is 9. The fourth-order valence-corrected chi connectivity index (χ4v) is 4.07. The first-order valence-corrected chi connectivity index (χ1v) is 12.1. The van der Waals surface area contributed by atoms with Crippen LogP contribution in [0, 0.1) is 17.7 Å². The van der Waals surface area contributed by atoms with Gasteiger partial charge in [0.1, 0.15) is 12.4 Å². The van der Waals surface area contributed by atoms with E-state index in [-0.39, 0.29) is 31.1 Å². The zero-order valence-electron chi connectivity index (χ0n) is 19.9. The summed E-state index contributed by atoms with van der Waals surface area (Å²) in [6.07, 6.45) is 1.61. The number of benzene rings is 2. The van der Waals surface area contributed by atoms with E-state index < -0.39 is 17.5 Å². The molecule has 35 heavy (non-hydrogen) atoms. The molecule has 0 bridgehead atoms. The van der Waals surface area contributed by atoms with Crippen molar-refractivity contribution in [3.63, 3.8) is 0 Å². The van der Waals surface area contributed by atoms with Crippen LogP contribution in [0.1, 0.15) is 39.2 Å². The number of alkyl halides is 1. The fraction of sp³-hybridized carbons (Fsp3) is 0.280. The van der Waals surface area contributed by atoms with E-state index in [0.717, 1.165) is 16.0 Å². The van der Waals surface area contributed by atoms with Crippen molar-refractivity contribution in [1.82, 2.24) is 15.3 Å². The highest BCUT2D eigenvalue weighted by Crippen LogP contribution is 2.21. The zero-order valence-corrected chi connectivity index (χ0v) is 20.7. The number of ether oxygens (including phenoxy) is 1. The van der Waals surface area contributed by atoms with E-state index in [0.29, 0.717) is 30.0 Å². The third kappa shape index (κ3) is 7.32. The average Bonchev–Trinajstić information content (AvgIpc) is 2.84. The summed E-state index contributed by atoms with van der Waals surface area (Å²) in [7, 11) is -1.08. The Balaban J connectivity index is 0.00000432. The largest absolute Gasteiger partial charge is 0.419 e. The molecule has 0 amide bonds. The second-order valence-electron chi connectivity index (χ2n) is 7.88. The Morgan fingerprint density at radius 3 is 2.37 bits per heavy atom. The maximum Gasteiger partial charge on any atom is 0.241 e. The van der Waals surface area contributed by atoms with Crippen LogP contribution in [0.4, 0.5) is 4.39 Å². The zero-order chi connectivity index (χ0) is 24.7. The first-order chi connectivity index (χ1) is 16.3. The van der Waals surface area contributed by atoms with Crippen LogP contribution in [0.2, 0.25) is 0 Å². The third-order valence-electron chi connectivity index (χ3n) is 5.00. The molecule has 5 N–H and O–H groups in total. The van der Waals surface area contributed by atoms with Gasteiger partial charge in [0.2, 0.25) is 11.8 Å². The Morgan fingerprint density at radius 1 is 1.11 bits per heavy atom. The van der Waals surface area contributed by atoms with Crippen molar-refractivity contribution in [2.45, 2.75) is 37.5 Å². The Kier molecular flexibility index (Phi) is 10.3. The SMILES string of the molecule is Cc1ncc(-c2ccc(S(=O)C(C)C)cc2)nc1C(=N)OC(=N)c1ccc(CNCCF)cc1.O.[HH].[HH]. The Bertz CT molecular complexity index is 1200. The van der Waals surface area contributed by atoms with Gasteiger partial charge in [0.25, 0.3) is 0 Å². The van der Waals surface area contributed by atoms with E-state index in [4.69, 9.17) is 15.6 Å². The maximum atomic E-state index is 12.3. The van der Waals surface area contributed by atoms with E-state index in [1.807, 2.05) is 38.1 Å². The number of halogens is 1. The van der Waals surface area contributed by atoms with Crippen molar-refractivity contribution in [3.8, 4) is 11.3 Å².